The fraction of sp³-hybridized carbons (Fsp3) is 0.222. The largest absolute Gasteiger partial charge is 0.493 e. The monoisotopic (exact) mass is 193 g/mol. The van der Waals surface area contributed by atoms with Gasteiger partial charge in [0.15, 0.2) is 17.3 Å². The number of methoxy groups -OCH3 is 2. The van der Waals surface area contributed by atoms with Gasteiger partial charge in [0.2, 0.25) is 0 Å². The Kier molecular flexibility index (Phi) is 1.92. The maximum Gasteiger partial charge on any atom is 0.186 e. The van der Waals surface area contributed by atoms with Crippen molar-refractivity contribution >= 4 is 16.7 Å². The zero-order valence-corrected chi connectivity index (χ0v) is 8.00. The number of H-pyrrole nitrogens is 1. The van der Waals surface area contributed by atoms with Crippen molar-refractivity contribution in [3.8, 4) is 11.5 Å². The predicted octanol–water partition coefficient (Wildman–Crippen LogP) is 1.16. The van der Waals surface area contributed by atoms with E-state index in [1.54, 1.807) is 20.3 Å². The van der Waals surface area contributed by atoms with Crippen LogP contribution in [0, 0.1) is 0 Å². The van der Waals surface area contributed by atoms with Crippen LogP contribution < -0.4 is 15.2 Å². The van der Waals surface area contributed by atoms with E-state index in [1.807, 2.05) is 6.07 Å². The van der Waals surface area contributed by atoms with Crippen LogP contribution in [0.3, 0.4) is 0 Å². The number of fused-ring (bicyclic) bond motifs is 1. The molecule has 0 aliphatic carbocycles. The standard InChI is InChI=1S/C9H11N3O2/c1-13-6-4-3-5-7(8(6)14-2)11-12-9(5)10/h3-4H,1-2H3,(H3,10,11,12). The summed E-state index contributed by atoms with van der Waals surface area (Å²) in [5.41, 5.74) is 6.41. The minimum Gasteiger partial charge on any atom is -0.493 e. The Morgan fingerprint density at radius 1 is 1.29 bits per heavy atom. The molecule has 14 heavy (non-hydrogen) atoms. The molecule has 0 saturated heterocycles. The van der Waals surface area contributed by atoms with Gasteiger partial charge >= 0.3 is 0 Å². The van der Waals surface area contributed by atoms with Gasteiger partial charge in [0, 0.05) is 5.39 Å². The predicted molar refractivity (Wildman–Crippen MR) is 53.6 cm³/mol. The molecule has 74 valence electrons. The second-order valence-electron chi connectivity index (χ2n) is 2.83. The molecule has 0 fully saturated rings. The van der Waals surface area contributed by atoms with E-state index in [9.17, 15) is 0 Å². The number of ether oxygens (including phenoxy) is 2. The van der Waals surface area contributed by atoms with Crippen LogP contribution in [0.2, 0.25) is 0 Å². The molecule has 2 rings (SSSR count). The SMILES string of the molecule is COc1ccc2c(N)n[nH]c2c1OC. The third kappa shape index (κ3) is 1.06. The highest BCUT2D eigenvalue weighted by molar-refractivity contribution is 5.94. The molecule has 0 unspecified atom stereocenters. The molecule has 3 N–H and O–H groups in total. The summed E-state index contributed by atoms with van der Waals surface area (Å²) >= 11 is 0. The molecule has 0 bridgehead atoms. The Morgan fingerprint density at radius 3 is 2.71 bits per heavy atom. The molecule has 1 heterocycles. The molecule has 0 spiro atoms. The first-order valence-electron chi connectivity index (χ1n) is 4.12. The molecule has 0 radical (unpaired) electrons. The van der Waals surface area contributed by atoms with Gasteiger partial charge in [-0.15, -0.1) is 0 Å². The maximum atomic E-state index is 5.65. The Hall–Kier alpha value is -1.91. The van der Waals surface area contributed by atoms with Crippen LogP contribution in [0.5, 0.6) is 11.5 Å². The number of nitrogen functional groups attached to an aromatic ring is 1. The van der Waals surface area contributed by atoms with E-state index >= 15 is 0 Å². The van der Waals surface area contributed by atoms with Gasteiger partial charge in [-0.2, -0.15) is 5.10 Å². The molecule has 0 aliphatic rings. The van der Waals surface area contributed by atoms with Crippen molar-refractivity contribution in [1.29, 1.82) is 0 Å². The lowest BCUT2D eigenvalue weighted by Crippen LogP contribution is -1.91. The normalized spacial score (nSPS) is 10.4. The molecular weight excluding hydrogens is 182 g/mol. The van der Waals surface area contributed by atoms with Crippen molar-refractivity contribution in [3.05, 3.63) is 12.1 Å². The van der Waals surface area contributed by atoms with Crippen LogP contribution in [0.4, 0.5) is 5.82 Å². The average molecular weight is 193 g/mol. The number of nitrogens with zero attached hydrogens (tertiary/aromatic N) is 1. The van der Waals surface area contributed by atoms with E-state index < -0.39 is 0 Å². The second kappa shape index (κ2) is 3.10. The fourth-order valence-electron chi connectivity index (χ4n) is 1.43. The van der Waals surface area contributed by atoms with E-state index in [0.717, 1.165) is 10.9 Å². The second-order valence-corrected chi connectivity index (χ2v) is 2.83. The van der Waals surface area contributed by atoms with E-state index in [0.29, 0.717) is 17.3 Å². The number of anilines is 1. The number of hydrogen-bond donors (Lipinski definition) is 2. The van der Waals surface area contributed by atoms with Crippen molar-refractivity contribution in [2.75, 3.05) is 20.0 Å². The number of aromatic nitrogens is 2. The molecule has 0 saturated carbocycles. The van der Waals surface area contributed by atoms with Crippen LogP contribution in [-0.4, -0.2) is 24.4 Å². The van der Waals surface area contributed by atoms with Crippen LogP contribution in [-0.2, 0) is 0 Å². The summed E-state index contributed by atoms with van der Waals surface area (Å²) < 4.78 is 10.4. The molecule has 2 aromatic rings. The van der Waals surface area contributed by atoms with Gasteiger partial charge < -0.3 is 15.2 Å². The number of rotatable bonds is 2. The van der Waals surface area contributed by atoms with Gasteiger partial charge in [-0.1, -0.05) is 0 Å². The third-order valence-corrected chi connectivity index (χ3v) is 2.11. The quantitative estimate of drug-likeness (QED) is 0.750. The van der Waals surface area contributed by atoms with Gasteiger partial charge in [0.25, 0.3) is 0 Å². The molecule has 1 aromatic heterocycles. The van der Waals surface area contributed by atoms with Gasteiger partial charge in [-0.3, -0.25) is 5.10 Å². The fourth-order valence-corrected chi connectivity index (χ4v) is 1.43. The Labute approximate surface area is 80.8 Å². The topological polar surface area (TPSA) is 73.2 Å². The lowest BCUT2D eigenvalue weighted by molar-refractivity contribution is 0.358. The van der Waals surface area contributed by atoms with Crippen molar-refractivity contribution in [2.24, 2.45) is 0 Å². The lowest BCUT2D eigenvalue weighted by Gasteiger charge is -2.07. The minimum absolute atomic E-state index is 0.459. The highest BCUT2D eigenvalue weighted by Crippen LogP contribution is 2.35. The summed E-state index contributed by atoms with van der Waals surface area (Å²) in [6.45, 7) is 0. The van der Waals surface area contributed by atoms with E-state index in [2.05, 4.69) is 10.2 Å². The van der Waals surface area contributed by atoms with Gasteiger partial charge in [-0.25, -0.2) is 0 Å². The van der Waals surface area contributed by atoms with Gasteiger partial charge in [0.05, 0.1) is 14.2 Å². The van der Waals surface area contributed by atoms with E-state index in [-0.39, 0.29) is 0 Å². The zero-order chi connectivity index (χ0) is 10.1. The summed E-state index contributed by atoms with van der Waals surface area (Å²) in [6, 6.07) is 3.64. The van der Waals surface area contributed by atoms with E-state index in [1.165, 1.54) is 0 Å². The van der Waals surface area contributed by atoms with Crippen molar-refractivity contribution in [1.82, 2.24) is 10.2 Å². The first-order valence-corrected chi connectivity index (χ1v) is 4.12. The van der Waals surface area contributed by atoms with Gasteiger partial charge in [-0.05, 0) is 12.1 Å². The number of nitrogens with one attached hydrogen (secondary N) is 1. The maximum absolute atomic E-state index is 5.65. The highest BCUT2D eigenvalue weighted by atomic mass is 16.5. The number of hydrogen-bond acceptors (Lipinski definition) is 4. The highest BCUT2D eigenvalue weighted by Gasteiger charge is 2.12. The van der Waals surface area contributed by atoms with Crippen molar-refractivity contribution in [2.45, 2.75) is 0 Å². The summed E-state index contributed by atoms with van der Waals surface area (Å²) in [4.78, 5) is 0. The smallest absolute Gasteiger partial charge is 0.186 e. The number of aromatic amines is 1. The Bertz CT molecular complexity index is 464. The number of nitrogens with two attached hydrogens (primary N) is 1. The lowest BCUT2D eigenvalue weighted by atomic mass is 10.2. The first kappa shape index (κ1) is 8.68. The first-order chi connectivity index (χ1) is 6.77. The molecule has 5 nitrogen and oxygen atoms in total. The van der Waals surface area contributed by atoms with Crippen LogP contribution in [0.15, 0.2) is 12.1 Å². The van der Waals surface area contributed by atoms with Gasteiger partial charge in [0.1, 0.15) is 5.52 Å². The average Bonchev–Trinajstić information content (AvgIpc) is 2.59. The summed E-state index contributed by atoms with van der Waals surface area (Å²) in [7, 11) is 3.16. The summed E-state index contributed by atoms with van der Waals surface area (Å²) in [6.07, 6.45) is 0. The van der Waals surface area contributed by atoms with E-state index in [4.69, 9.17) is 15.2 Å². The minimum atomic E-state index is 0.459. The Balaban J connectivity index is 2.77. The number of benzene rings is 1. The van der Waals surface area contributed by atoms with Crippen LogP contribution >= 0.6 is 0 Å². The molecule has 0 atom stereocenters. The summed E-state index contributed by atoms with van der Waals surface area (Å²) in [5, 5.41) is 7.53. The zero-order valence-electron chi connectivity index (χ0n) is 8.00. The Morgan fingerprint density at radius 2 is 2.07 bits per heavy atom. The van der Waals surface area contributed by atoms with Crippen molar-refractivity contribution < 1.29 is 9.47 Å². The molecular formula is C9H11N3O2. The molecule has 1 aromatic carbocycles. The van der Waals surface area contributed by atoms with Crippen LogP contribution in [0.25, 0.3) is 10.9 Å². The van der Waals surface area contributed by atoms with Crippen molar-refractivity contribution in [3.63, 3.8) is 0 Å². The molecule has 0 aliphatic heterocycles. The third-order valence-electron chi connectivity index (χ3n) is 2.11. The summed E-state index contributed by atoms with van der Waals surface area (Å²) in [5.74, 6) is 1.74. The van der Waals surface area contributed by atoms with Crippen LogP contribution in [0.1, 0.15) is 0 Å². The molecule has 5 heteroatoms. The molecule has 0 amide bonds.